The van der Waals surface area contributed by atoms with Gasteiger partial charge in [-0.2, -0.15) is 0 Å². The number of ether oxygens (including phenoxy) is 2. The van der Waals surface area contributed by atoms with Crippen LogP contribution < -0.4 is 20.1 Å². The van der Waals surface area contributed by atoms with Crippen LogP contribution in [0.2, 0.25) is 5.02 Å². The number of amides is 1. The standard InChI is InChI=1S/C20H17ClN4O3/c1-12-14(21)3-2-4-15(12)25-19-11-22-16(10-23-19)20(26)24-13-5-6-17-18(9-13)28-8-7-27-17/h2-6,9-11H,7-8H2,1H3,(H,23,25)(H,24,26). The number of hydrogen-bond acceptors (Lipinski definition) is 6. The van der Waals surface area contributed by atoms with Gasteiger partial charge in [0.15, 0.2) is 11.5 Å². The van der Waals surface area contributed by atoms with Crippen molar-refractivity contribution in [3.8, 4) is 11.5 Å². The monoisotopic (exact) mass is 396 g/mol. The molecular formula is C20H17ClN4O3. The minimum absolute atomic E-state index is 0.197. The van der Waals surface area contributed by atoms with Crippen LogP contribution >= 0.6 is 11.6 Å². The van der Waals surface area contributed by atoms with Crippen molar-refractivity contribution in [2.24, 2.45) is 0 Å². The SMILES string of the molecule is Cc1c(Cl)cccc1Nc1cnc(C(=O)Nc2ccc3c(c2)OCCO3)cn1. The van der Waals surface area contributed by atoms with E-state index in [9.17, 15) is 4.79 Å². The Balaban J connectivity index is 1.45. The molecule has 0 saturated heterocycles. The number of fused-ring (bicyclic) bond motifs is 1. The largest absolute Gasteiger partial charge is 0.486 e. The highest BCUT2D eigenvalue weighted by molar-refractivity contribution is 6.31. The van der Waals surface area contributed by atoms with Crippen LogP contribution in [0.25, 0.3) is 0 Å². The molecule has 0 saturated carbocycles. The van der Waals surface area contributed by atoms with Gasteiger partial charge in [0.2, 0.25) is 0 Å². The summed E-state index contributed by atoms with van der Waals surface area (Å²) in [5.74, 6) is 1.42. The van der Waals surface area contributed by atoms with Gasteiger partial charge in [-0.3, -0.25) is 4.79 Å². The number of carbonyl (C=O) groups is 1. The lowest BCUT2D eigenvalue weighted by atomic mass is 10.2. The fourth-order valence-corrected chi connectivity index (χ4v) is 2.88. The van der Waals surface area contributed by atoms with Crippen LogP contribution in [0.15, 0.2) is 48.8 Å². The van der Waals surface area contributed by atoms with E-state index < -0.39 is 0 Å². The smallest absolute Gasteiger partial charge is 0.275 e. The number of nitrogens with one attached hydrogen (secondary N) is 2. The quantitative estimate of drug-likeness (QED) is 0.687. The second kappa shape index (κ2) is 7.74. The number of aromatic nitrogens is 2. The van der Waals surface area contributed by atoms with Gasteiger partial charge in [0.1, 0.15) is 24.7 Å². The number of halogens is 1. The molecule has 0 spiro atoms. The summed E-state index contributed by atoms with van der Waals surface area (Å²) in [4.78, 5) is 20.9. The molecule has 0 atom stereocenters. The van der Waals surface area contributed by atoms with E-state index in [1.165, 1.54) is 12.4 Å². The predicted molar refractivity (Wildman–Crippen MR) is 107 cm³/mol. The van der Waals surface area contributed by atoms with E-state index in [-0.39, 0.29) is 11.6 Å². The van der Waals surface area contributed by atoms with E-state index in [1.54, 1.807) is 18.2 Å². The molecule has 2 heterocycles. The van der Waals surface area contributed by atoms with Gasteiger partial charge in [0, 0.05) is 22.5 Å². The summed E-state index contributed by atoms with van der Waals surface area (Å²) in [5.41, 5.74) is 2.53. The molecule has 28 heavy (non-hydrogen) atoms. The Hall–Kier alpha value is -3.32. The molecule has 1 aliphatic rings. The van der Waals surface area contributed by atoms with Crippen molar-refractivity contribution >= 4 is 34.7 Å². The van der Waals surface area contributed by atoms with Crippen molar-refractivity contribution in [2.75, 3.05) is 23.8 Å². The summed E-state index contributed by atoms with van der Waals surface area (Å²) >= 11 is 6.12. The molecule has 8 heteroatoms. The van der Waals surface area contributed by atoms with Crippen molar-refractivity contribution in [1.29, 1.82) is 0 Å². The van der Waals surface area contributed by atoms with Gasteiger partial charge in [-0.05, 0) is 36.8 Å². The number of rotatable bonds is 4. The lowest BCUT2D eigenvalue weighted by Crippen LogP contribution is -2.17. The molecule has 0 unspecified atom stereocenters. The molecular weight excluding hydrogens is 380 g/mol. The summed E-state index contributed by atoms with van der Waals surface area (Å²) in [5, 5.41) is 6.58. The topological polar surface area (TPSA) is 85.4 Å². The molecule has 142 valence electrons. The zero-order chi connectivity index (χ0) is 19.5. The summed E-state index contributed by atoms with van der Waals surface area (Å²) < 4.78 is 11.0. The van der Waals surface area contributed by atoms with E-state index in [4.69, 9.17) is 21.1 Å². The normalized spacial score (nSPS) is 12.4. The predicted octanol–water partition coefficient (Wildman–Crippen LogP) is 4.21. The molecule has 2 aromatic carbocycles. The maximum Gasteiger partial charge on any atom is 0.275 e. The summed E-state index contributed by atoms with van der Waals surface area (Å²) in [6.07, 6.45) is 2.91. The maximum atomic E-state index is 12.4. The average Bonchev–Trinajstić information content (AvgIpc) is 2.72. The zero-order valence-electron chi connectivity index (χ0n) is 15.0. The van der Waals surface area contributed by atoms with Crippen molar-refractivity contribution in [1.82, 2.24) is 9.97 Å². The zero-order valence-corrected chi connectivity index (χ0v) is 15.8. The molecule has 1 aromatic heterocycles. The summed E-state index contributed by atoms with van der Waals surface area (Å²) in [7, 11) is 0. The van der Waals surface area contributed by atoms with Crippen LogP contribution in [0.3, 0.4) is 0 Å². The lowest BCUT2D eigenvalue weighted by Gasteiger charge is -2.18. The number of benzene rings is 2. The Morgan fingerprint density at radius 2 is 1.89 bits per heavy atom. The number of carbonyl (C=O) groups excluding carboxylic acids is 1. The minimum atomic E-state index is -0.366. The summed E-state index contributed by atoms with van der Waals surface area (Å²) in [6.45, 7) is 2.91. The maximum absolute atomic E-state index is 12.4. The van der Waals surface area contributed by atoms with Gasteiger partial charge in [-0.15, -0.1) is 0 Å². The van der Waals surface area contributed by atoms with Gasteiger partial charge in [0.25, 0.3) is 5.91 Å². The third kappa shape index (κ3) is 3.84. The first-order valence-electron chi connectivity index (χ1n) is 8.65. The first-order valence-corrected chi connectivity index (χ1v) is 9.03. The fraction of sp³-hybridized carbons (Fsp3) is 0.150. The minimum Gasteiger partial charge on any atom is -0.486 e. The number of nitrogens with zero attached hydrogens (tertiary/aromatic N) is 2. The molecule has 7 nitrogen and oxygen atoms in total. The first kappa shape index (κ1) is 18.1. The van der Waals surface area contributed by atoms with E-state index in [1.807, 2.05) is 25.1 Å². The van der Waals surface area contributed by atoms with Gasteiger partial charge < -0.3 is 20.1 Å². The number of anilines is 3. The van der Waals surface area contributed by atoms with Gasteiger partial charge in [0.05, 0.1) is 12.4 Å². The first-order chi connectivity index (χ1) is 13.6. The Bertz CT molecular complexity index is 1020. The van der Waals surface area contributed by atoms with Crippen molar-refractivity contribution < 1.29 is 14.3 Å². The van der Waals surface area contributed by atoms with Crippen molar-refractivity contribution in [3.05, 3.63) is 65.1 Å². The average molecular weight is 397 g/mol. The number of hydrogen-bond donors (Lipinski definition) is 2. The summed E-state index contributed by atoms with van der Waals surface area (Å²) in [6, 6.07) is 10.8. The Morgan fingerprint density at radius 1 is 1.07 bits per heavy atom. The van der Waals surface area contributed by atoms with Crippen molar-refractivity contribution in [2.45, 2.75) is 6.92 Å². The van der Waals surface area contributed by atoms with Gasteiger partial charge in [-0.25, -0.2) is 9.97 Å². The molecule has 0 fully saturated rings. The van der Waals surface area contributed by atoms with E-state index in [0.29, 0.717) is 41.2 Å². The Labute approximate surface area is 166 Å². The highest BCUT2D eigenvalue weighted by Gasteiger charge is 2.14. The van der Waals surface area contributed by atoms with Crippen LogP contribution in [0, 0.1) is 6.92 Å². The second-order valence-electron chi connectivity index (χ2n) is 6.14. The van der Waals surface area contributed by atoms with Crippen LogP contribution in [0.5, 0.6) is 11.5 Å². The van der Waals surface area contributed by atoms with Gasteiger partial charge in [-0.1, -0.05) is 17.7 Å². The molecule has 4 rings (SSSR count). The van der Waals surface area contributed by atoms with Crippen LogP contribution in [-0.2, 0) is 0 Å². The van der Waals surface area contributed by atoms with E-state index >= 15 is 0 Å². The Morgan fingerprint density at radius 3 is 2.68 bits per heavy atom. The van der Waals surface area contributed by atoms with Crippen LogP contribution in [0.1, 0.15) is 16.1 Å². The van der Waals surface area contributed by atoms with Crippen LogP contribution in [-0.4, -0.2) is 29.1 Å². The molecule has 0 radical (unpaired) electrons. The molecule has 2 N–H and O–H groups in total. The van der Waals surface area contributed by atoms with Crippen LogP contribution in [0.4, 0.5) is 17.2 Å². The third-order valence-corrected chi connectivity index (χ3v) is 4.62. The second-order valence-corrected chi connectivity index (χ2v) is 6.54. The third-order valence-electron chi connectivity index (χ3n) is 4.21. The van der Waals surface area contributed by atoms with Gasteiger partial charge >= 0.3 is 0 Å². The van der Waals surface area contributed by atoms with Crippen molar-refractivity contribution in [3.63, 3.8) is 0 Å². The molecule has 1 amide bonds. The molecule has 0 bridgehead atoms. The van der Waals surface area contributed by atoms with E-state index in [2.05, 4.69) is 20.6 Å². The molecule has 1 aliphatic heterocycles. The molecule has 3 aromatic rings. The lowest BCUT2D eigenvalue weighted by molar-refractivity contribution is 0.102. The Kier molecular flexibility index (Phi) is 4.99. The highest BCUT2D eigenvalue weighted by Crippen LogP contribution is 2.32. The van der Waals surface area contributed by atoms with E-state index in [0.717, 1.165) is 11.3 Å². The molecule has 0 aliphatic carbocycles. The highest BCUT2D eigenvalue weighted by atomic mass is 35.5. The fourth-order valence-electron chi connectivity index (χ4n) is 2.71.